The standard InChI is InChI=1S/C30H34FN3O5S/c1-5-30(38)18-10-22-26-16(12-34(22)27(36)17(18)13-39-28(30)37)25-20(32-23(35)8-9-29(3,4)40)7-6-15-14(2)19(31)11-21(33-26)24(15)25/h10-11,20,28,37-38,40H,5-9,12-13H2,1-4H3,(H,32,35)/t20-,28?,30-/m0/s1. The number of aliphatic hydroxyl groups is 2. The number of aliphatic hydroxyl groups excluding tert-OH is 1. The molecule has 0 radical (unpaired) electrons. The zero-order chi connectivity index (χ0) is 28.7. The van der Waals surface area contributed by atoms with Crippen molar-refractivity contribution in [2.45, 2.75) is 95.6 Å². The molecule has 0 bridgehead atoms. The number of ether oxygens (including phenoxy) is 1. The van der Waals surface area contributed by atoms with Gasteiger partial charge >= 0.3 is 0 Å². The average Bonchev–Trinajstić information content (AvgIpc) is 3.27. The number of pyridine rings is 2. The molecule has 1 unspecified atom stereocenters. The quantitative estimate of drug-likeness (QED) is 0.272. The molecule has 1 amide bonds. The van der Waals surface area contributed by atoms with Gasteiger partial charge in [-0.1, -0.05) is 20.8 Å². The van der Waals surface area contributed by atoms with E-state index in [4.69, 9.17) is 9.72 Å². The topological polar surface area (TPSA) is 114 Å². The van der Waals surface area contributed by atoms with E-state index in [0.717, 1.165) is 22.1 Å². The van der Waals surface area contributed by atoms with E-state index in [0.29, 0.717) is 59.3 Å². The van der Waals surface area contributed by atoms with Crippen LogP contribution in [-0.2, 0) is 34.7 Å². The van der Waals surface area contributed by atoms with E-state index in [1.165, 1.54) is 6.07 Å². The molecule has 0 fully saturated rings. The molecule has 0 spiro atoms. The van der Waals surface area contributed by atoms with Gasteiger partial charge in [-0.3, -0.25) is 9.59 Å². The summed E-state index contributed by atoms with van der Waals surface area (Å²) in [7, 11) is 0. The summed E-state index contributed by atoms with van der Waals surface area (Å²) in [5.74, 6) is -0.434. The van der Waals surface area contributed by atoms with Gasteiger partial charge in [0.1, 0.15) is 11.4 Å². The Hall–Kier alpha value is -2.79. The van der Waals surface area contributed by atoms with Crippen LogP contribution in [0.4, 0.5) is 4.39 Å². The zero-order valence-corrected chi connectivity index (χ0v) is 24.0. The zero-order valence-electron chi connectivity index (χ0n) is 23.1. The molecule has 6 rings (SSSR count). The minimum absolute atomic E-state index is 0.0876. The second-order valence-electron chi connectivity index (χ2n) is 11.9. The first-order chi connectivity index (χ1) is 18.8. The number of carbonyl (C=O) groups is 1. The van der Waals surface area contributed by atoms with Gasteiger partial charge in [-0.2, -0.15) is 12.6 Å². The molecule has 4 heterocycles. The lowest BCUT2D eigenvalue weighted by molar-refractivity contribution is -0.236. The Kier molecular flexibility index (Phi) is 6.42. The number of thiol groups is 1. The lowest BCUT2D eigenvalue weighted by Gasteiger charge is -2.37. The molecular formula is C30H34FN3O5S. The highest BCUT2D eigenvalue weighted by atomic mass is 32.1. The number of nitrogens with one attached hydrogen (secondary N) is 1. The van der Waals surface area contributed by atoms with Crippen molar-refractivity contribution in [1.29, 1.82) is 0 Å². The van der Waals surface area contributed by atoms with Crippen LogP contribution in [0.5, 0.6) is 0 Å². The maximum atomic E-state index is 15.1. The van der Waals surface area contributed by atoms with Gasteiger partial charge in [-0.15, -0.1) is 0 Å². The maximum absolute atomic E-state index is 15.1. The van der Waals surface area contributed by atoms with E-state index in [2.05, 4.69) is 17.9 Å². The first-order valence-corrected chi connectivity index (χ1v) is 14.2. The monoisotopic (exact) mass is 567 g/mol. The Bertz CT molecular complexity index is 1650. The SMILES string of the molecule is CC[C@]1(O)c2cc3n(c(=O)c2COC1O)Cc1c-3nc2cc(F)c(C)c3c2c1[C@@H](NC(=O)CCC(C)(C)S)CC3. The molecule has 2 aliphatic heterocycles. The second-order valence-corrected chi connectivity index (χ2v) is 13.1. The van der Waals surface area contributed by atoms with Crippen LogP contribution in [0.2, 0.25) is 0 Å². The minimum atomic E-state index is -1.75. The summed E-state index contributed by atoms with van der Waals surface area (Å²) < 4.78 is 21.7. The molecule has 8 nitrogen and oxygen atoms in total. The fourth-order valence-electron chi connectivity index (χ4n) is 6.50. The number of benzene rings is 1. The predicted octanol–water partition coefficient (Wildman–Crippen LogP) is 3.91. The van der Waals surface area contributed by atoms with E-state index in [1.807, 2.05) is 13.8 Å². The maximum Gasteiger partial charge on any atom is 0.257 e. The number of rotatable bonds is 5. The molecule has 212 valence electrons. The molecule has 0 saturated heterocycles. The minimum Gasteiger partial charge on any atom is -0.380 e. The third-order valence-electron chi connectivity index (χ3n) is 8.83. The van der Waals surface area contributed by atoms with E-state index in [9.17, 15) is 19.8 Å². The number of aryl methyl sites for hydroxylation is 1. The number of carbonyl (C=O) groups excluding carboxylic acids is 1. The second kappa shape index (κ2) is 9.37. The Labute approximate surface area is 237 Å². The van der Waals surface area contributed by atoms with E-state index >= 15 is 4.39 Å². The highest BCUT2D eigenvalue weighted by molar-refractivity contribution is 7.81. The van der Waals surface area contributed by atoms with Crippen molar-refractivity contribution < 1.29 is 24.1 Å². The van der Waals surface area contributed by atoms with Crippen LogP contribution in [0.25, 0.3) is 22.3 Å². The van der Waals surface area contributed by atoms with Crippen molar-refractivity contribution >= 4 is 29.4 Å². The van der Waals surface area contributed by atoms with Crippen molar-refractivity contribution in [2.24, 2.45) is 0 Å². The number of halogens is 1. The molecule has 10 heteroatoms. The fourth-order valence-corrected chi connectivity index (χ4v) is 6.61. The van der Waals surface area contributed by atoms with Crippen LogP contribution in [0.15, 0.2) is 16.9 Å². The summed E-state index contributed by atoms with van der Waals surface area (Å²) in [5, 5.41) is 25.8. The largest absolute Gasteiger partial charge is 0.380 e. The van der Waals surface area contributed by atoms with Crippen LogP contribution in [0.3, 0.4) is 0 Å². The van der Waals surface area contributed by atoms with E-state index in [-0.39, 0.29) is 47.6 Å². The Balaban J connectivity index is 1.55. The van der Waals surface area contributed by atoms with Gasteiger partial charge in [-0.05, 0) is 55.4 Å². The summed E-state index contributed by atoms with van der Waals surface area (Å²) in [6, 6.07) is 2.80. The summed E-state index contributed by atoms with van der Waals surface area (Å²) >= 11 is 4.55. The Morgan fingerprint density at radius 3 is 2.77 bits per heavy atom. The van der Waals surface area contributed by atoms with Gasteiger partial charge in [0.15, 0.2) is 6.29 Å². The fraction of sp³-hybridized carbons (Fsp3) is 0.500. The number of aromatic nitrogens is 2. The smallest absolute Gasteiger partial charge is 0.257 e. The lowest BCUT2D eigenvalue weighted by Crippen LogP contribution is -2.47. The van der Waals surface area contributed by atoms with Crippen molar-refractivity contribution in [3.63, 3.8) is 0 Å². The van der Waals surface area contributed by atoms with Gasteiger partial charge in [-0.25, -0.2) is 9.37 Å². The lowest BCUT2D eigenvalue weighted by atomic mass is 9.81. The Morgan fingerprint density at radius 2 is 2.08 bits per heavy atom. The molecule has 1 aromatic carbocycles. The number of fused-ring (bicyclic) bond motifs is 5. The van der Waals surface area contributed by atoms with E-state index in [1.54, 1.807) is 24.5 Å². The van der Waals surface area contributed by atoms with Crippen molar-refractivity contribution in [3.05, 3.63) is 61.7 Å². The molecule has 2 aromatic heterocycles. The molecule has 3 aromatic rings. The summed E-state index contributed by atoms with van der Waals surface area (Å²) in [6.07, 6.45) is 0.786. The van der Waals surface area contributed by atoms with Crippen LogP contribution in [0.1, 0.15) is 85.9 Å². The molecule has 1 aliphatic carbocycles. The molecule has 0 saturated carbocycles. The predicted molar refractivity (Wildman–Crippen MR) is 152 cm³/mol. The first kappa shape index (κ1) is 27.4. The molecule has 40 heavy (non-hydrogen) atoms. The molecule has 3 atom stereocenters. The number of hydrogen-bond acceptors (Lipinski definition) is 7. The highest BCUT2D eigenvalue weighted by Crippen LogP contribution is 2.46. The summed E-state index contributed by atoms with van der Waals surface area (Å²) in [4.78, 5) is 31.7. The van der Waals surface area contributed by atoms with Crippen molar-refractivity contribution in [3.8, 4) is 11.4 Å². The average molecular weight is 568 g/mol. The summed E-state index contributed by atoms with van der Waals surface area (Å²) in [5.41, 5.74) is 3.15. The van der Waals surface area contributed by atoms with Gasteiger partial charge in [0.2, 0.25) is 5.91 Å². The molecule has 3 aliphatic rings. The van der Waals surface area contributed by atoms with Crippen LogP contribution in [-0.4, -0.2) is 36.7 Å². The van der Waals surface area contributed by atoms with Gasteiger partial charge < -0.3 is 24.8 Å². The molecular weight excluding hydrogens is 533 g/mol. The van der Waals surface area contributed by atoms with Crippen LogP contribution >= 0.6 is 12.6 Å². The van der Waals surface area contributed by atoms with E-state index < -0.39 is 11.9 Å². The van der Waals surface area contributed by atoms with Crippen molar-refractivity contribution in [1.82, 2.24) is 14.9 Å². The number of hydrogen-bond donors (Lipinski definition) is 4. The third-order valence-corrected chi connectivity index (χ3v) is 9.06. The summed E-state index contributed by atoms with van der Waals surface area (Å²) in [6.45, 7) is 7.52. The Morgan fingerprint density at radius 1 is 1.32 bits per heavy atom. The van der Waals surface area contributed by atoms with Gasteiger partial charge in [0.05, 0.1) is 36.1 Å². The van der Waals surface area contributed by atoms with Crippen LogP contribution < -0.4 is 10.9 Å². The highest BCUT2D eigenvalue weighted by Gasteiger charge is 2.45. The molecule has 3 N–H and O–H groups in total. The van der Waals surface area contributed by atoms with Crippen LogP contribution in [0, 0.1) is 12.7 Å². The number of amides is 1. The van der Waals surface area contributed by atoms with Gasteiger partial charge in [0, 0.05) is 39.3 Å². The number of nitrogens with zero attached hydrogens (tertiary/aromatic N) is 2. The van der Waals surface area contributed by atoms with Gasteiger partial charge in [0.25, 0.3) is 5.56 Å². The van der Waals surface area contributed by atoms with Crippen molar-refractivity contribution in [2.75, 3.05) is 0 Å². The third kappa shape index (κ3) is 4.10. The normalized spacial score (nSPS) is 23.1. The first-order valence-electron chi connectivity index (χ1n) is 13.8.